The van der Waals surface area contributed by atoms with Crippen LogP contribution in [0.15, 0.2) is 30.3 Å². The van der Waals surface area contributed by atoms with Crippen molar-refractivity contribution < 1.29 is 4.79 Å². The summed E-state index contributed by atoms with van der Waals surface area (Å²) in [5, 5.41) is 2.95. The lowest BCUT2D eigenvalue weighted by molar-refractivity contribution is -0.121. The van der Waals surface area contributed by atoms with Gasteiger partial charge in [0, 0.05) is 17.8 Å². The summed E-state index contributed by atoms with van der Waals surface area (Å²) in [6.07, 6.45) is 3.48. The predicted molar refractivity (Wildman–Crippen MR) is 75.4 cm³/mol. The highest BCUT2D eigenvalue weighted by atomic mass is 79.9. The Bertz CT molecular complexity index is 326. The Balaban J connectivity index is 2.13. The molecule has 0 aromatic heterocycles. The van der Waals surface area contributed by atoms with Crippen LogP contribution in [0.25, 0.3) is 0 Å². The van der Waals surface area contributed by atoms with Crippen molar-refractivity contribution in [3.05, 3.63) is 35.9 Å². The first-order chi connectivity index (χ1) is 8.22. The molecule has 17 heavy (non-hydrogen) atoms. The zero-order chi connectivity index (χ0) is 12.5. The van der Waals surface area contributed by atoms with Crippen molar-refractivity contribution in [3.63, 3.8) is 0 Å². The Hall–Kier alpha value is -0.830. The number of alkyl halides is 1. The maximum Gasteiger partial charge on any atom is 0.220 e. The van der Waals surface area contributed by atoms with E-state index in [2.05, 4.69) is 40.3 Å². The SMILES string of the molecule is CCC(Br)CCNC(=O)CCc1ccccc1. The third-order valence-electron chi connectivity index (χ3n) is 2.71. The molecule has 0 saturated carbocycles. The van der Waals surface area contributed by atoms with E-state index in [1.165, 1.54) is 5.56 Å². The fraction of sp³-hybridized carbons (Fsp3) is 0.500. The van der Waals surface area contributed by atoms with Crippen LogP contribution >= 0.6 is 15.9 Å². The number of carbonyl (C=O) groups excluding carboxylic acids is 1. The van der Waals surface area contributed by atoms with E-state index >= 15 is 0 Å². The summed E-state index contributed by atoms with van der Waals surface area (Å²) in [6.45, 7) is 2.90. The smallest absolute Gasteiger partial charge is 0.220 e. The van der Waals surface area contributed by atoms with Gasteiger partial charge in [0.15, 0.2) is 0 Å². The van der Waals surface area contributed by atoms with Crippen molar-refractivity contribution in [2.24, 2.45) is 0 Å². The minimum absolute atomic E-state index is 0.143. The van der Waals surface area contributed by atoms with E-state index in [-0.39, 0.29) is 5.91 Å². The van der Waals surface area contributed by atoms with Gasteiger partial charge in [0.1, 0.15) is 0 Å². The molecule has 1 N–H and O–H groups in total. The summed E-state index contributed by atoms with van der Waals surface area (Å²) < 4.78 is 0. The zero-order valence-corrected chi connectivity index (χ0v) is 11.9. The Labute approximate surface area is 112 Å². The van der Waals surface area contributed by atoms with Crippen molar-refractivity contribution in [3.8, 4) is 0 Å². The Morgan fingerprint density at radius 2 is 2.06 bits per heavy atom. The molecule has 1 atom stereocenters. The van der Waals surface area contributed by atoms with Crippen molar-refractivity contribution in [2.75, 3.05) is 6.54 Å². The van der Waals surface area contributed by atoms with Crippen LogP contribution in [-0.2, 0) is 11.2 Å². The van der Waals surface area contributed by atoms with Crippen LogP contribution in [0.5, 0.6) is 0 Å². The van der Waals surface area contributed by atoms with Gasteiger partial charge in [0.2, 0.25) is 5.91 Å². The van der Waals surface area contributed by atoms with Crippen LogP contribution in [-0.4, -0.2) is 17.3 Å². The van der Waals surface area contributed by atoms with Gasteiger partial charge in [-0.25, -0.2) is 0 Å². The predicted octanol–water partition coefficient (Wildman–Crippen LogP) is 3.30. The van der Waals surface area contributed by atoms with Crippen molar-refractivity contribution in [1.29, 1.82) is 0 Å². The van der Waals surface area contributed by atoms with Gasteiger partial charge < -0.3 is 5.32 Å². The topological polar surface area (TPSA) is 29.1 Å². The second kappa shape index (κ2) is 8.29. The molecule has 94 valence electrons. The number of rotatable bonds is 7. The molecule has 0 saturated heterocycles. The van der Waals surface area contributed by atoms with Crippen LogP contribution in [0.1, 0.15) is 31.7 Å². The number of amides is 1. The normalized spacial score (nSPS) is 12.1. The van der Waals surface area contributed by atoms with Crippen LogP contribution in [0.2, 0.25) is 0 Å². The van der Waals surface area contributed by atoms with Gasteiger partial charge in [0.25, 0.3) is 0 Å². The molecule has 0 fully saturated rings. The van der Waals surface area contributed by atoms with E-state index in [1.807, 2.05) is 18.2 Å². The molecular formula is C14H20BrNO. The van der Waals surface area contributed by atoms with Gasteiger partial charge in [-0.2, -0.15) is 0 Å². The Morgan fingerprint density at radius 3 is 2.71 bits per heavy atom. The van der Waals surface area contributed by atoms with Gasteiger partial charge in [-0.05, 0) is 24.8 Å². The Morgan fingerprint density at radius 1 is 1.35 bits per heavy atom. The minimum atomic E-state index is 0.143. The molecule has 1 unspecified atom stereocenters. The number of hydrogen-bond donors (Lipinski definition) is 1. The molecule has 1 amide bonds. The van der Waals surface area contributed by atoms with Gasteiger partial charge in [-0.3, -0.25) is 4.79 Å². The summed E-state index contributed by atoms with van der Waals surface area (Å²) in [4.78, 5) is 12.1. The molecule has 0 spiro atoms. The monoisotopic (exact) mass is 297 g/mol. The molecule has 0 bridgehead atoms. The van der Waals surface area contributed by atoms with Gasteiger partial charge >= 0.3 is 0 Å². The van der Waals surface area contributed by atoms with Crippen molar-refractivity contribution in [2.45, 2.75) is 37.4 Å². The molecule has 0 radical (unpaired) electrons. The number of halogens is 1. The molecule has 3 heteroatoms. The average molecular weight is 298 g/mol. The van der Waals surface area contributed by atoms with Gasteiger partial charge in [-0.1, -0.05) is 53.2 Å². The van der Waals surface area contributed by atoms with E-state index in [0.29, 0.717) is 11.2 Å². The fourth-order valence-electron chi connectivity index (χ4n) is 1.56. The zero-order valence-electron chi connectivity index (χ0n) is 10.3. The summed E-state index contributed by atoms with van der Waals surface area (Å²) in [5.74, 6) is 0.143. The first-order valence-corrected chi connectivity index (χ1v) is 7.08. The third kappa shape index (κ3) is 6.47. The maximum atomic E-state index is 11.6. The highest BCUT2D eigenvalue weighted by Crippen LogP contribution is 2.08. The van der Waals surface area contributed by atoms with Crippen LogP contribution < -0.4 is 5.32 Å². The summed E-state index contributed by atoms with van der Waals surface area (Å²) in [7, 11) is 0. The number of benzene rings is 1. The van der Waals surface area contributed by atoms with Gasteiger partial charge in [-0.15, -0.1) is 0 Å². The minimum Gasteiger partial charge on any atom is -0.356 e. The number of hydrogen-bond acceptors (Lipinski definition) is 1. The highest BCUT2D eigenvalue weighted by Gasteiger charge is 2.04. The number of carbonyl (C=O) groups is 1. The van der Waals surface area contributed by atoms with Crippen LogP contribution in [0.4, 0.5) is 0 Å². The molecule has 2 nitrogen and oxygen atoms in total. The first-order valence-electron chi connectivity index (χ1n) is 6.17. The lowest BCUT2D eigenvalue weighted by Crippen LogP contribution is -2.26. The van der Waals surface area contributed by atoms with E-state index in [4.69, 9.17) is 0 Å². The lowest BCUT2D eigenvalue weighted by atomic mass is 10.1. The summed E-state index contributed by atoms with van der Waals surface area (Å²) >= 11 is 3.55. The highest BCUT2D eigenvalue weighted by molar-refractivity contribution is 9.09. The quantitative estimate of drug-likeness (QED) is 0.769. The number of aryl methyl sites for hydroxylation is 1. The van der Waals surface area contributed by atoms with Gasteiger partial charge in [0.05, 0.1) is 0 Å². The third-order valence-corrected chi connectivity index (χ3v) is 3.81. The summed E-state index contributed by atoms with van der Waals surface area (Å²) in [6, 6.07) is 10.1. The van der Waals surface area contributed by atoms with E-state index in [0.717, 1.165) is 25.8 Å². The fourth-order valence-corrected chi connectivity index (χ4v) is 1.79. The van der Waals surface area contributed by atoms with E-state index < -0.39 is 0 Å². The lowest BCUT2D eigenvalue weighted by Gasteiger charge is -2.08. The van der Waals surface area contributed by atoms with Crippen LogP contribution in [0, 0.1) is 0 Å². The second-order valence-corrected chi connectivity index (χ2v) is 5.42. The van der Waals surface area contributed by atoms with Crippen molar-refractivity contribution >= 4 is 21.8 Å². The maximum absolute atomic E-state index is 11.6. The molecule has 1 rings (SSSR count). The standard InChI is InChI=1S/C14H20BrNO/c1-2-13(15)10-11-16-14(17)9-8-12-6-4-3-5-7-12/h3-7,13H,2,8-11H2,1H3,(H,16,17). The molecule has 0 aliphatic carbocycles. The van der Waals surface area contributed by atoms with Crippen molar-refractivity contribution in [1.82, 2.24) is 5.32 Å². The molecule has 1 aromatic rings. The second-order valence-electron chi connectivity index (χ2n) is 4.13. The Kier molecular flexibility index (Phi) is 6.94. The average Bonchev–Trinajstić information content (AvgIpc) is 2.37. The molecule has 0 aliphatic rings. The molecule has 0 heterocycles. The first kappa shape index (κ1) is 14.2. The van der Waals surface area contributed by atoms with E-state index in [1.54, 1.807) is 0 Å². The number of nitrogens with one attached hydrogen (secondary N) is 1. The molecular weight excluding hydrogens is 278 g/mol. The summed E-state index contributed by atoms with van der Waals surface area (Å²) in [5.41, 5.74) is 1.22. The van der Waals surface area contributed by atoms with Crippen LogP contribution in [0.3, 0.4) is 0 Å². The largest absolute Gasteiger partial charge is 0.356 e. The molecule has 1 aromatic carbocycles. The molecule has 0 aliphatic heterocycles. The van der Waals surface area contributed by atoms with E-state index in [9.17, 15) is 4.79 Å².